The summed E-state index contributed by atoms with van der Waals surface area (Å²) in [6.45, 7) is 3.35. The van der Waals surface area contributed by atoms with Gasteiger partial charge in [-0.25, -0.2) is 0 Å². The Morgan fingerprint density at radius 1 is 1.54 bits per heavy atom. The van der Waals surface area contributed by atoms with Gasteiger partial charge in [0.05, 0.1) is 6.61 Å². The van der Waals surface area contributed by atoms with Gasteiger partial charge in [-0.05, 0) is 12.8 Å². The normalized spacial score (nSPS) is 20.4. The zero-order valence-electron chi connectivity index (χ0n) is 7.52. The molecule has 1 rings (SSSR count). The van der Waals surface area contributed by atoms with Gasteiger partial charge in [-0.3, -0.25) is 13.6 Å². The monoisotopic (exact) mass is 205 g/mol. The van der Waals surface area contributed by atoms with Crippen LogP contribution in [0.1, 0.15) is 12.8 Å². The van der Waals surface area contributed by atoms with Crippen LogP contribution in [0.2, 0.25) is 0 Å². The highest BCUT2D eigenvalue weighted by atomic mass is 32.2. The second-order valence-electron chi connectivity index (χ2n) is 2.95. The second kappa shape index (κ2) is 6.26. The molecule has 0 aromatic rings. The topological polar surface area (TPSA) is 49.8 Å². The van der Waals surface area contributed by atoms with E-state index in [2.05, 4.69) is 21.2 Å². The lowest BCUT2D eigenvalue weighted by Crippen LogP contribution is -2.28. The molecule has 76 valence electrons. The summed E-state index contributed by atoms with van der Waals surface area (Å²) < 4.78 is 22.9. The first-order chi connectivity index (χ1) is 6.29. The fourth-order valence-electron chi connectivity index (χ4n) is 1.31. The van der Waals surface area contributed by atoms with E-state index in [0.717, 1.165) is 32.5 Å². The molecule has 0 bridgehead atoms. The lowest BCUT2D eigenvalue weighted by Gasteiger charge is -2.22. The summed E-state index contributed by atoms with van der Waals surface area (Å²) in [5, 5.41) is 0. The molecule has 0 spiro atoms. The fourth-order valence-corrected chi connectivity index (χ4v) is 1.57. The lowest BCUT2D eigenvalue weighted by atomic mass is 10.2. The van der Waals surface area contributed by atoms with E-state index in [1.54, 1.807) is 0 Å². The van der Waals surface area contributed by atoms with Crippen LogP contribution >= 0.6 is 0 Å². The third-order valence-corrected chi connectivity index (χ3v) is 2.31. The molecule has 0 aromatic heterocycles. The second-order valence-corrected chi connectivity index (χ2v) is 3.62. The van der Waals surface area contributed by atoms with Gasteiger partial charge in [0.2, 0.25) is 0 Å². The van der Waals surface area contributed by atoms with E-state index in [0.29, 0.717) is 6.61 Å². The Hall–Kier alpha value is -0.230. The van der Waals surface area contributed by atoms with Crippen molar-refractivity contribution in [3.63, 3.8) is 0 Å². The molecule has 0 fully saturated rings. The molecular formula is C8H15NO3S. The van der Waals surface area contributed by atoms with Crippen molar-refractivity contribution < 1.29 is 12.9 Å². The molecule has 13 heavy (non-hydrogen) atoms. The van der Waals surface area contributed by atoms with Crippen molar-refractivity contribution in [2.24, 2.45) is 0 Å². The molecule has 1 aliphatic rings. The summed E-state index contributed by atoms with van der Waals surface area (Å²) in [5.41, 5.74) is 0. The zero-order valence-corrected chi connectivity index (χ0v) is 8.33. The Morgan fingerprint density at radius 3 is 3.00 bits per heavy atom. The smallest absolute Gasteiger partial charge is 0.299 e. The van der Waals surface area contributed by atoms with E-state index in [1.165, 1.54) is 0 Å². The standard InChI is InChI=1S/C8H15NO3S/c10-13(11)12-8-4-7-9-5-2-1-3-6-9/h1-2H,3-8H2,(H,10,11). The molecule has 1 N–H and O–H groups in total. The van der Waals surface area contributed by atoms with Crippen LogP contribution in [0.25, 0.3) is 0 Å². The van der Waals surface area contributed by atoms with E-state index in [9.17, 15) is 4.21 Å². The Morgan fingerprint density at radius 2 is 2.38 bits per heavy atom. The maximum Gasteiger partial charge on any atom is 0.301 e. The van der Waals surface area contributed by atoms with Gasteiger partial charge in [0, 0.05) is 19.6 Å². The maximum absolute atomic E-state index is 10.1. The van der Waals surface area contributed by atoms with E-state index < -0.39 is 11.4 Å². The molecule has 0 aromatic carbocycles. The number of hydrogen-bond donors (Lipinski definition) is 1. The molecule has 0 aliphatic carbocycles. The Kier molecular flexibility index (Phi) is 5.22. The molecule has 0 radical (unpaired) electrons. The SMILES string of the molecule is O=S(O)OCCCN1CC=CCC1. The van der Waals surface area contributed by atoms with Gasteiger partial charge in [-0.15, -0.1) is 0 Å². The van der Waals surface area contributed by atoms with Crippen LogP contribution in [0.15, 0.2) is 12.2 Å². The third kappa shape index (κ3) is 5.15. The van der Waals surface area contributed by atoms with Gasteiger partial charge in [0.1, 0.15) is 0 Å². The Labute approximate surface area is 81.1 Å². The average Bonchev–Trinajstić information content (AvgIpc) is 2.14. The minimum Gasteiger partial charge on any atom is -0.299 e. The van der Waals surface area contributed by atoms with Crippen LogP contribution in [0.3, 0.4) is 0 Å². The van der Waals surface area contributed by atoms with E-state index in [4.69, 9.17) is 4.55 Å². The van der Waals surface area contributed by atoms with Crippen LogP contribution in [-0.4, -0.2) is 39.9 Å². The Balaban J connectivity index is 1.99. The van der Waals surface area contributed by atoms with Crippen molar-refractivity contribution in [2.75, 3.05) is 26.2 Å². The number of rotatable bonds is 5. The van der Waals surface area contributed by atoms with Crippen LogP contribution in [0.4, 0.5) is 0 Å². The molecule has 1 unspecified atom stereocenters. The maximum atomic E-state index is 10.1. The summed E-state index contributed by atoms with van der Waals surface area (Å²) >= 11 is -2.10. The number of hydrogen-bond acceptors (Lipinski definition) is 3. The quantitative estimate of drug-likeness (QED) is 0.409. The van der Waals surface area contributed by atoms with Crippen molar-refractivity contribution in [1.29, 1.82) is 0 Å². The third-order valence-electron chi connectivity index (χ3n) is 1.95. The van der Waals surface area contributed by atoms with Gasteiger partial charge in [-0.1, -0.05) is 12.2 Å². The van der Waals surface area contributed by atoms with Gasteiger partial charge in [-0.2, -0.15) is 4.21 Å². The summed E-state index contributed by atoms with van der Waals surface area (Å²) in [7, 11) is 0. The molecule has 1 heterocycles. The molecule has 5 heteroatoms. The summed E-state index contributed by atoms with van der Waals surface area (Å²) in [6.07, 6.45) is 6.23. The zero-order chi connectivity index (χ0) is 9.52. The molecule has 0 saturated carbocycles. The van der Waals surface area contributed by atoms with Crippen LogP contribution < -0.4 is 0 Å². The van der Waals surface area contributed by atoms with Gasteiger partial charge < -0.3 is 0 Å². The van der Waals surface area contributed by atoms with Crippen molar-refractivity contribution in [1.82, 2.24) is 4.90 Å². The van der Waals surface area contributed by atoms with E-state index >= 15 is 0 Å². The van der Waals surface area contributed by atoms with Crippen LogP contribution in [0.5, 0.6) is 0 Å². The van der Waals surface area contributed by atoms with E-state index in [-0.39, 0.29) is 0 Å². The summed E-state index contributed by atoms with van der Waals surface area (Å²) in [6, 6.07) is 0. The van der Waals surface area contributed by atoms with Crippen molar-refractivity contribution in [3.05, 3.63) is 12.2 Å². The van der Waals surface area contributed by atoms with Gasteiger partial charge >= 0.3 is 11.4 Å². The van der Waals surface area contributed by atoms with E-state index in [1.807, 2.05) is 0 Å². The Bertz CT molecular complexity index is 196. The molecule has 1 atom stereocenters. The summed E-state index contributed by atoms with van der Waals surface area (Å²) in [4.78, 5) is 2.30. The summed E-state index contributed by atoms with van der Waals surface area (Å²) in [5.74, 6) is 0. The van der Waals surface area contributed by atoms with Crippen molar-refractivity contribution in [3.8, 4) is 0 Å². The van der Waals surface area contributed by atoms with Crippen molar-refractivity contribution >= 4 is 11.4 Å². The fraction of sp³-hybridized carbons (Fsp3) is 0.750. The average molecular weight is 205 g/mol. The molecule has 4 nitrogen and oxygen atoms in total. The van der Waals surface area contributed by atoms with Gasteiger partial charge in [0.15, 0.2) is 0 Å². The predicted molar refractivity (Wildman–Crippen MR) is 51.5 cm³/mol. The highest BCUT2D eigenvalue weighted by Gasteiger charge is 2.05. The van der Waals surface area contributed by atoms with Crippen LogP contribution in [-0.2, 0) is 15.5 Å². The first kappa shape index (κ1) is 10.8. The first-order valence-electron chi connectivity index (χ1n) is 4.40. The predicted octanol–water partition coefficient (Wildman–Crippen LogP) is 0.792. The lowest BCUT2D eigenvalue weighted by molar-refractivity contribution is 0.246. The number of nitrogens with zero attached hydrogens (tertiary/aromatic N) is 1. The molecule has 1 aliphatic heterocycles. The van der Waals surface area contributed by atoms with Crippen LogP contribution in [0, 0.1) is 0 Å². The minimum atomic E-state index is -2.10. The first-order valence-corrected chi connectivity index (χ1v) is 5.43. The molecule has 0 amide bonds. The minimum absolute atomic E-state index is 0.351. The van der Waals surface area contributed by atoms with Gasteiger partial charge in [0.25, 0.3) is 0 Å². The highest BCUT2D eigenvalue weighted by Crippen LogP contribution is 2.01. The van der Waals surface area contributed by atoms with Crippen molar-refractivity contribution in [2.45, 2.75) is 12.8 Å². The molecular weight excluding hydrogens is 190 g/mol. The largest absolute Gasteiger partial charge is 0.301 e. The highest BCUT2D eigenvalue weighted by molar-refractivity contribution is 7.74. The molecule has 0 saturated heterocycles.